The van der Waals surface area contributed by atoms with Crippen LogP contribution in [0.3, 0.4) is 0 Å². The summed E-state index contributed by atoms with van der Waals surface area (Å²) in [5.74, 6) is -1.62. The molecule has 0 saturated carbocycles. The van der Waals surface area contributed by atoms with Crippen LogP contribution in [0, 0.1) is 17.8 Å². The third-order valence-corrected chi connectivity index (χ3v) is 6.65. The van der Waals surface area contributed by atoms with Crippen LogP contribution in [0.5, 0.6) is 0 Å². The number of carbonyl (C=O) groups excluding carboxylic acids is 1. The molecule has 0 aromatic carbocycles. The third-order valence-electron chi connectivity index (χ3n) is 6.65. The number of likely N-dealkylation sites (N-methyl/N-ethyl adjacent to an activating group) is 1. The molecule has 1 aliphatic heterocycles. The zero-order chi connectivity index (χ0) is 22.7. The van der Waals surface area contributed by atoms with E-state index in [9.17, 15) is 25.2 Å². The van der Waals surface area contributed by atoms with E-state index < -0.39 is 47.4 Å². The molecule has 0 aromatic rings. The Morgan fingerprint density at radius 1 is 1.10 bits per heavy atom. The lowest BCUT2D eigenvalue weighted by molar-refractivity contribution is -0.192. The number of aliphatic hydroxyl groups is 4. The largest absolute Gasteiger partial charge is 0.459 e. The fourth-order valence-electron chi connectivity index (χ4n) is 4.79. The van der Waals surface area contributed by atoms with Crippen molar-refractivity contribution in [2.45, 2.75) is 103 Å². The van der Waals surface area contributed by atoms with Gasteiger partial charge in [-0.05, 0) is 65.8 Å². The Balaban J connectivity index is 3.28. The van der Waals surface area contributed by atoms with Gasteiger partial charge in [0.2, 0.25) is 0 Å². The number of rotatable bonds is 1. The average molecular weight is 418 g/mol. The Morgan fingerprint density at radius 3 is 2.17 bits per heavy atom. The van der Waals surface area contributed by atoms with Crippen molar-refractivity contribution in [3.8, 4) is 0 Å². The molecule has 0 aliphatic carbocycles. The lowest BCUT2D eigenvalue weighted by Crippen LogP contribution is -2.59. The molecule has 0 spiro atoms. The van der Waals surface area contributed by atoms with Gasteiger partial charge in [-0.15, -0.1) is 0 Å². The molecule has 0 radical (unpaired) electrons. The second kappa shape index (κ2) is 10.1. The van der Waals surface area contributed by atoms with Crippen LogP contribution in [0.15, 0.2) is 0 Å². The minimum Gasteiger partial charge on any atom is -0.459 e. The van der Waals surface area contributed by atoms with E-state index in [1.165, 1.54) is 6.92 Å². The highest BCUT2D eigenvalue weighted by Crippen LogP contribution is 2.31. The van der Waals surface area contributed by atoms with Gasteiger partial charge in [-0.3, -0.25) is 4.79 Å². The summed E-state index contributed by atoms with van der Waals surface area (Å²) in [7, 11) is 1.87. The van der Waals surface area contributed by atoms with Gasteiger partial charge >= 0.3 is 5.97 Å². The lowest BCUT2D eigenvalue weighted by atomic mass is 9.81. The van der Waals surface area contributed by atoms with Gasteiger partial charge < -0.3 is 30.1 Å². The van der Waals surface area contributed by atoms with Crippen molar-refractivity contribution >= 4 is 5.97 Å². The zero-order valence-electron chi connectivity index (χ0n) is 19.4. The highest BCUT2D eigenvalue weighted by atomic mass is 16.6. The van der Waals surface area contributed by atoms with Crippen LogP contribution in [0.4, 0.5) is 0 Å². The number of esters is 1. The van der Waals surface area contributed by atoms with Gasteiger partial charge in [0.05, 0.1) is 17.6 Å². The first kappa shape index (κ1) is 26.3. The molecule has 1 fully saturated rings. The number of cyclic esters (lactones) is 1. The summed E-state index contributed by atoms with van der Waals surface area (Å²) in [6.07, 6.45) is -1.84. The summed E-state index contributed by atoms with van der Waals surface area (Å²) < 4.78 is 5.56. The van der Waals surface area contributed by atoms with E-state index >= 15 is 0 Å². The second-order valence-electron chi connectivity index (χ2n) is 9.95. The maximum absolute atomic E-state index is 12.7. The Kier molecular flexibility index (Phi) is 9.12. The molecule has 1 heterocycles. The monoisotopic (exact) mass is 417 g/mol. The molecule has 7 heteroatoms. The van der Waals surface area contributed by atoms with Crippen LogP contribution in [-0.4, -0.2) is 80.4 Å². The Labute approximate surface area is 176 Å². The average Bonchev–Trinajstić information content (AvgIpc) is 2.60. The first-order chi connectivity index (χ1) is 13.1. The molecule has 1 aliphatic rings. The Morgan fingerprint density at radius 2 is 1.66 bits per heavy atom. The summed E-state index contributed by atoms with van der Waals surface area (Å²) >= 11 is 0. The van der Waals surface area contributed by atoms with Gasteiger partial charge in [0.15, 0.2) is 0 Å². The lowest BCUT2D eigenvalue weighted by Gasteiger charge is -2.42. The summed E-state index contributed by atoms with van der Waals surface area (Å²) in [6, 6.07) is -0.391. The van der Waals surface area contributed by atoms with Crippen LogP contribution in [0.1, 0.15) is 67.7 Å². The quantitative estimate of drug-likeness (QED) is 0.479. The maximum atomic E-state index is 12.7. The molecular formula is C22H43NO6. The third kappa shape index (κ3) is 6.62. The zero-order valence-corrected chi connectivity index (χ0v) is 19.4. The van der Waals surface area contributed by atoms with E-state index in [4.69, 9.17) is 4.74 Å². The molecule has 0 bridgehead atoms. The van der Waals surface area contributed by atoms with E-state index in [0.717, 1.165) is 0 Å². The van der Waals surface area contributed by atoms with Crippen LogP contribution >= 0.6 is 0 Å². The number of aliphatic hydroxyl groups excluding tert-OH is 2. The summed E-state index contributed by atoms with van der Waals surface area (Å²) in [5.41, 5.74) is -2.65. The molecule has 4 N–H and O–H groups in total. The van der Waals surface area contributed by atoms with Crippen molar-refractivity contribution in [2.24, 2.45) is 17.8 Å². The van der Waals surface area contributed by atoms with E-state index in [-0.39, 0.29) is 11.8 Å². The molecule has 0 amide bonds. The molecule has 1 rings (SSSR count). The van der Waals surface area contributed by atoms with Crippen molar-refractivity contribution in [1.29, 1.82) is 0 Å². The predicted molar refractivity (Wildman–Crippen MR) is 112 cm³/mol. The number of carbonyl (C=O) groups is 1. The smallest absolute Gasteiger partial charge is 0.311 e. The fourth-order valence-corrected chi connectivity index (χ4v) is 4.79. The molecule has 29 heavy (non-hydrogen) atoms. The first-order valence-corrected chi connectivity index (χ1v) is 10.9. The minimum absolute atomic E-state index is 0.126. The fraction of sp³-hybridized carbons (Fsp3) is 0.955. The second-order valence-corrected chi connectivity index (χ2v) is 9.95. The van der Waals surface area contributed by atoms with Gasteiger partial charge in [-0.2, -0.15) is 0 Å². The van der Waals surface area contributed by atoms with Crippen LogP contribution in [-0.2, 0) is 9.53 Å². The SMILES string of the molecule is CC[C@H]1OC(=O)C(C)[C@@H](O)[C@H](C)C[C@](C)(O)C[C@@H](C)CN(C)[C@H](C)[C@@H](O)[C@]1(C)O. The molecule has 0 aromatic heterocycles. The van der Waals surface area contributed by atoms with Crippen LogP contribution < -0.4 is 0 Å². The summed E-state index contributed by atoms with van der Waals surface area (Å²) in [4.78, 5) is 14.6. The molecular weight excluding hydrogens is 374 g/mol. The molecule has 1 saturated heterocycles. The maximum Gasteiger partial charge on any atom is 0.311 e. The standard InChI is InChI=1S/C22H43NO6/c1-9-17-22(7,28)19(25)16(5)23(8)12-13(2)10-21(6,27)11-14(3)18(24)15(4)20(26)29-17/h13-19,24-25,27-28H,9-12H2,1-8H3/t13-,14-,15?,16-,17-,18+,19-,21-,22-/m1/s1. The van der Waals surface area contributed by atoms with Crippen molar-refractivity contribution in [1.82, 2.24) is 4.90 Å². The molecule has 7 nitrogen and oxygen atoms in total. The van der Waals surface area contributed by atoms with Gasteiger partial charge in [0, 0.05) is 12.6 Å². The minimum atomic E-state index is -1.65. The summed E-state index contributed by atoms with van der Waals surface area (Å²) in [6.45, 7) is 12.9. The van der Waals surface area contributed by atoms with Crippen molar-refractivity contribution in [3.05, 3.63) is 0 Å². The normalized spacial score (nSPS) is 47.2. The van der Waals surface area contributed by atoms with Crippen LogP contribution in [0.2, 0.25) is 0 Å². The summed E-state index contributed by atoms with van der Waals surface area (Å²) in [5, 5.41) is 43.5. The molecule has 9 atom stereocenters. The van der Waals surface area contributed by atoms with Crippen molar-refractivity contribution in [3.63, 3.8) is 0 Å². The predicted octanol–water partition coefficient (Wildman–Crippen LogP) is 1.55. The van der Waals surface area contributed by atoms with Crippen molar-refractivity contribution < 1.29 is 30.0 Å². The van der Waals surface area contributed by atoms with Crippen molar-refractivity contribution in [2.75, 3.05) is 13.6 Å². The number of nitrogens with zero attached hydrogens (tertiary/aromatic N) is 1. The molecule has 172 valence electrons. The highest BCUT2D eigenvalue weighted by molar-refractivity contribution is 5.73. The van der Waals surface area contributed by atoms with E-state index in [1.54, 1.807) is 20.8 Å². The van der Waals surface area contributed by atoms with Gasteiger partial charge in [0.25, 0.3) is 0 Å². The van der Waals surface area contributed by atoms with Gasteiger partial charge in [-0.1, -0.05) is 20.8 Å². The topological polar surface area (TPSA) is 110 Å². The van der Waals surface area contributed by atoms with Gasteiger partial charge in [0.1, 0.15) is 17.8 Å². The number of hydrogen-bond donors (Lipinski definition) is 4. The molecule has 1 unspecified atom stereocenters. The highest BCUT2D eigenvalue weighted by Gasteiger charge is 2.45. The van der Waals surface area contributed by atoms with Gasteiger partial charge in [-0.25, -0.2) is 0 Å². The number of ether oxygens (including phenoxy) is 1. The van der Waals surface area contributed by atoms with E-state index in [2.05, 4.69) is 0 Å². The number of hydrogen-bond acceptors (Lipinski definition) is 7. The Bertz CT molecular complexity index is 537. The van der Waals surface area contributed by atoms with E-state index in [0.29, 0.717) is 25.8 Å². The first-order valence-electron chi connectivity index (χ1n) is 10.9. The van der Waals surface area contributed by atoms with E-state index in [1.807, 2.05) is 32.7 Å². The van der Waals surface area contributed by atoms with Crippen LogP contribution in [0.25, 0.3) is 0 Å². The Hall–Kier alpha value is -0.730.